The SMILES string of the molecule is CCC1(O)CN(C(=O)c2ccoc2Cl)C1. The van der Waals surface area contributed by atoms with E-state index in [1.165, 1.54) is 12.3 Å². The molecule has 1 fully saturated rings. The monoisotopic (exact) mass is 229 g/mol. The highest BCUT2D eigenvalue weighted by Crippen LogP contribution is 2.27. The highest BCUT2D eigenvalue weighted by molar-refractivity contribution is 6.32. The van der Waals surface area contributed by atoms with E-state index in [1.807, 2.05) is 6.92 Å². The van der Waals surface area contributed by atoms with E-state index in [0.717, 1.165) is 0 Å². The number of carbonyl (C=O) groups excluding carboxylic acids is 1. The Morgan fingerprint density at radius 1 is 1.73 bits per heavy atom. The van der Waals surface area contributed by atoms with Gasteiger partial charge in [-0.05, 0) is 24.1 Å². The third-order valence-corrected chi connectivity index (χ3v) is 3.06. The Morgan fingerprint density at radius 3 is 2.87 bits per heavy atom. The number of halogens is 1. The van der Waals surface area contributed by atoms with Crippen molar-refractivity contribution in [2.24, 2.45) is 0 Å². The average Bonchev–Trinajstić information content (AvgIpc) is 2.58. The molecule has 1 aromatic heterocycles. The lowest BCUT2D eigenvalue weighted by Crippen LogP contribution is -2.63. The van der Waals surface area contributed by atoms with Gasteiger partial charge in [-0.25, -0.2) is 0 Å². The summed E-state index contributed by atoms with van der Waals surface area (Å²) in [6.07, 6.45) is 2.03. The first kappa shape index (κ1) is 10.5. The van der Waals surface area contributed by atoms with Crippen LogP contribution in [-0.4, -0.2) is 34.6 Å². The van der Waals surface area contributed by atoms with Gasteiger partial charge in [-0.3, -0.25) is 4.79 Å². The van der Waals surface area contributed by atoms with E-state index in [0.29, 0.717) is 25.1 Å². The fraction of sp³-hybridized carbons (Fsp3) is 0.500. The Balaban J connectivity index is 2.04. The predicted octanol–water partition coefficient (Wildman–Crippen LogP) is 1.53. The first-order valence-electron chi connectivity index (χ1n) is 4.80. The smallest absolute Gasteiger partial charge is 0.258 e. The van der Waals surface area contributed by atoms with Crippen LogP contribution in [0, 0.1) is 0 Å². The van der Waals surface area contributed by atoms with Gasteiger partial charge in [-0.1, -0.05) is 6.92 Å². The van der Waals surface area contributed by atoms with Gasteiger partial charge in [0.05, 0.1) is 30.5 Å². The molecule has 0 bridgehead atoms. The normalized spacial score (nSPS) is 18.7. The number of aliphatic hydroxyl groups is 1. The molecule has 0 radical (unpaired) electrons. The maximum Gasteiger partial charge on any atom is 0.258 e. The summed E-state index contributed by atoms with van der Waals surface area (Å²) in [6.45, 7) is 2.63. The van der Waals surface area contributed by atoms with Gasteiger partial charge in [0, 0.05) is 0 Å². The number of hydrogen-bond donors (Lipinski definition) is 1. The predicted molar refractivity (Wildman–Crippen MR) is 54.9 cm³/mol. The Morgan fingerprint density at radius 2 is 2.40 bits per heavy atom. The molecule has 0 atom stereocenters. The molecule has 1 N–H and O–H groups in total. The quantitative estimate of drug-likeness (QED) is 0.837. The molecule has 0 saturated carbocycles. The van der Waals surface area contributed by atoms with Crippen molar-refractivity contribution < 1.29 is 14.3 Å². The lowest BCUT2D eigenvalue weighted by molar-refractivity contribution is -0.0826. The van der Waals surface area contributed by atoms with Crippen LogP contribution in [0.5, 0.6) is 0 Å². The van der Waals surface area contributed by atoms with E-state index in [4.69, 9.17) is 16.0 Å². The largest absolute Gasteiger partial charge is 0.452 e. The van der Waals surface area contributed by atoms with Crippen LogP contribution < -0.4 is 0 Å². The van der Waals surface area contributed by atoms with Gasteiger partial charge in [-0.15, -0.1) is 0 Å². The number of nitrogens with zero attached hydrogens (tertiary/aromatic N) is 1. The third kappa shape index (κ3) is 1.75. The lowest BCUT2D eigenvalue weighted by Gasteiger charge is -2.45. The molecule has 5 heteroatoms. The van der Waals surface area contributed by atoms with Crippen LogP contribution in [0.2, 0.25) is 5.22 Å². The second kappa shape index (κ2) is 3.54. The standard InChI is InChI=1S/C10H12ClNO3/c1-2-10(14)5-12(6-10)9(13)7-3-4-15-8(7)11/h3-4,14H,2,5-6H2,1H3. The molecule has 4 nitrogen and oxygen atoms in total. The van der Waals surface area contributed by atoms with Crippen LogP contribution in [0.25, 0.3) is 0 Å². The van der Waals surface area contributed by atoms with Crippen molar-refractivity contribution in [2.75, 3.05) is 13.1 Å². The van der Waals surface area contributed by atoms with Gasteiger partial charge in [0.1, 0.15) is 0 Å². The first-order valence-corrected chi connectivity index (χ1v) is 5.18. The fourth-order valence-corrected chi connectivity index (χ4v) is 1.84. The zero-order valence-corrected chi connectivity index (χ0v) is 9.12. The second-order valence-corrected chi connectivity index (χ2v) is 4.19. The molecule has 0 aliphatic carbocycles. The van der Waals surface area contributed by atoms with E-state index >= 15 is 0 Å². The summed E-state index contributed by atoms with van der Waals surface area (Å²) in [4.78, 5) is 13.3. The summed E-state index contributed by atoms with van der Waals surface area (Å²) >= 11 is 5.69. The molecule has 1 amide bonds. The maximum atomic E-state index is 11.8. The number of β-amino-alcohol motifs (C(OH)–C–C–N with tert-alkyl or cyclic N) is 1. The van der Waals surface area contributed by atoms with Crippen molar-refractivity contribution in [3.8, 4) is 0 Å². The number of hydrogen-bond acceptors (Lipinski definition) is 3. The van der Waals surface area contributed by atoms with E-state index in [1.54, 1.807) is 4.90 Å². The lowest BCUT2D eigenvalue weighted by atomic mass is 9.91. The van der Waals surface area contributed by atoms with Gasteiger partial charge >= 0.3 is 0 Å². The van der Waals surface area contributed by atoms with Crippen LogP contribution in [-0.2, 0) is 0 Å². The summed E-state index contributed by atoms with van der Waals surface area (Å²) in [5, 5.41) is 9.86. The Labute approximate surface area is 92.4 Å². The maximum absolute atomic E-state index is 11.8. The summed E-state index contributed by atoms with van der Waals surface area (Å²) in [5.74, 6) is -0.188. The zero-order valence-electron chi connectivity index (χ0n) is 8.36. The van der Waals surface area contributed by atoms with Crippen molar-refractivity contribution in [2.45, 2.75) is 18.9 Å². The van der Waals surface area contributed by atoms with E-state index in [9.17, 15) is 9.90 Å². The number of likely N-dealkylation sites (tertiary alicyclic amines) is 1. The van der Waals surface area contributed by atoms with Gasteiger partial charge in [-0.2, -0.15) is 0 Å². The molecule has 1 aliphatic rings. The molecule has 0 aromatic carbocycles. The van der Waals surface area contributed by atoms with Gasteiger partial charge in [0.15, 0.2) is 0 Å². The molecular weight excluding hydrogens is 218 g/mol. The zero-order chi connectivity index (χ0) is 11.1. The van der Waals surface area contributed by atoms with Crippen LogP contribution in [0.1, 0.15) is 23.7 Å². The Kier molecular flexibility index (Phi) is 2.48. The van der Waals surface area contributed by atoms with Crippen LogP contribution in [0.4, 0.5) is 0 Å². The topological polar surface area (TPSA) is 53.7 Å². The van der Waals surface area contributed by atoms with Crippen molar-refractivity contribution in [3.63, 3.8) is 0 Å². The third-order valence-electron chi connectivity index (χ3n) is 2.76. The van der Waals surface area contributed by atoms with Gasteiger partial charge in [0.25, 0.3) is 5.91 Å². The molecule has 1 aliphatic heterocycles. The molecule has 1 aromatic rings. The highest BCUT2D eigenvalue weighted by Gasteiger charge is 2.42. The fourth-order valence-electron chi connectivity index (χ4n) is 1.65. The molecule has 82 valence electrons. The Bertz CT molecular complexity index is 382. The summed E-state index contributed by atoms with van der Waals surface area (Å²) in [7, 11) is 0. The van der Waals surface area contributed by atoms with Gasteiger partial charge in [0.2, 0.25) is 5.22 Å². The number of rotatable bonds is 2. The van der Waals surface area contributed by atoms with Crippen LogP contribution >= 0.6 is 11.6 Å². The number of carbonyl (C=O) groups is 1. The minimum atomic E-state index is -0.716. The molecule has 15 heavy (non-hydrogen) atoms. The van der Waals surface area contributed by atoms with E-state index < -0.39 is 5.60 Å². The number of amides is 1. The van der Waals surface area contributed by atoms with Crippen molar-refractivity contribution in [3.05, 3.63) is 23.1 Å². The average molecular weight is 230 g/mol. The number of furan rings is 1. The molecular formula is C10H12ClNO3. The minimum absolute atomic E-state index is 0.104. The molecule has 1 saturated heterocycles. The van der Waals surface area contributed by atoms with E-state index in [2.05, 4.69) is 0 Å². The molecule has 2 heterocycles. The summed E-state index contributed by atoms with van der Waals surface area (Å²) in [5.41, 5.74) is -0.360. The molecule has 0 unspecified atom stereocenters. The van der Waals surface area contributed by atoms with E-state index in [-0.39, 0.29) is 11.1 Å². The first-order chi connectivity index (χ1) is 7.06. The summed E-state index contributed by atoms with van der Waals surface area (Å²) in [6, 6.07) is 1.54. The minimum Gasteiger partial charge on any atom is -0.452 e. The van der Waals surface area contributed by atoms with Crippen molar-refractivity contribution >= 4 is 17.5 Å². The molecule has 2 rings (SSSR count). The molecule has 0 spiro atoms. The summed E-state index contributed by atoms with van der Waals surface area (Å²) < 4.78 is 4.84. The van der Waals surface area contributed by atoms with Crippen LogP contribution in [0.15, 0.2) is 16.7 Å². The van der Waals surface area contributed by atoms with Crippen molar-refractivity contribution in [1.82, 2.24) is 4.90 Å². The highest BCUT2D eigenvalue weighted by atomic mass is 35.5. The Hall–Kier alpha value is -1.00. The second-order valence-electron chi connectivity index (χ2n) is 3.85. The van der Waals surface area contributed by atoms with Gasteiger partial charge < -0.3 is 14.4 Å². The van der Waals surface area contributed by atoms with Crippen LogP contribution in [0.3, 0.4) is 0 Å². The van der Waals surface area contributed by atoms with Crippen molar-refractivity contribution in [1.29, 1.82) is 0 Å².